The topological polar surface area (TPSA) is 52.0 Å². The lowest BCUT2D eigenvalue weighted by atomic mass is 10.1. The predicted molar refractivity (Wildman–Crippen MR) is 73.4 cm³/mol. The van der Waals surface area contributed by atoms with Crippen LogP contribution in [0.25, 0.3) is 0 Å². The van der Waals surface area contributed by atoms with Gasteiger partial charge in [-0.3, -0.25) is 14.2 Å². The van der Waals surface area contributed by atoms with E-state index in [0.29, 0.717) is 11.3 Å². The standard InChI is InChI=1S/C15H16N2O2/c1-3-12-4-6-13(7-5-12)14(18)9-17-10-16-11(2)8-15(17)19/h4-8,10H,3,9H2,1-2H3. The predicted octanol–water partition coefficient (Wildman–Crippen LogP) is 2.00. The molecule has 4 nitrogen and oxygen atoms in total. The summed E-state index contributed by atoms with van der Waals surface area (Å²) in [6, 6.07) is 8.89. The Kier molecular flexibility index (Phi) is 3.90. The van der Waals surface area contributed by atoms with Crippen molar-refractivity contribution < 1.29 is 4.79 Å². The summed E-state index contributed by atoms with van der Waals surface area (Å²) in [6.45, 7) is 3.84. The maximum Gasteiger partial charge on any atom is 0.253 e. The Labute approximate surface area is 111 Å². The van der Waals surface area contributed by atoms with Crippen LogP contribution in [0, 0.1) is 6.92 Å². The molecule has 0 spiro atoms. The molecule has 0 aliphatic heterocycles. The van der Waals surface area contributed by atoms with E-state index in [-0.39, 0.29) is 17.9 Å². The number of Topliss-reactive ketones (excluding diaryl/α,β-unsaturated/α-hetero) is 1. The molecule has 0 amide bonds. The van der Waals surface area contributed by atoms with Crippen LogP contribution in [0.5, 0.6) is 0 Å². The van der Waals surface area contributed by atoms with Gasteiger partial charge in [-0.25, -0.2) is 4.98 Å². The monoisotopic (exact) mass is 256 g/mol. The first-order valence-electron chi connectivity index (χ1n) is 6.25. The van der Waals surface area contributed by atoms with E-state index in [4.69, 9.17) is 0 Å². The zero-order valence-electron chi connectivity index (χ0n) is 11.1. The van der Waals surface area contributed by atoms with E-state index < -0.39 is 0 Å². The van der Waals surface area contributed by atoms with Gasteiger partial charge in [0.15, 0.2) is 5.78 Å². The molecule has 0 N–H and O–H groups in total. The number of aryl methyl sites for hydroxylation is 2. The van der Waals surface area contributed by atoms with Crippen molar-refractivity contribution >= 4 is 5.78 Å². The number of ketones is 1. The van der Waals surface area contributed by atoms with E-state index in [0.717, 1.165) is 6.42 Å². The van der Waals surface area contributed by atoms with E-state index in [1.54, 1.807) is 19.1 Å². The minimum Gasteiger partial charge on any atom is -0.292 e. The van der Waals surface area contributed by atoms with Gasteiger partial charge < -0.3 is 0 Å². The molecule has 0 saturated heterocycles. The average Bonchev–Trinajstić information content (AvgIpc) is 2.42. The lowest BCUT2D eigenvalue weighted by Gasteiger charge is -2.05. The Morgan fingerprint density at radius 3 is 2.53 bits per heavy atom. The lowest BCUT2D eigenvalue weighted by molar-refractivity contribution is 0.0970. The second-order valence-corrected chi connectivity index (χ2v) is 4.47. The molecule has 2 aromatic rings. The van der Waals surface area contributed by atoms with Gasteiger partial charge in [0.25, 0.3) is 5.56 Å². The van der Waals surface area contributed by atoms with Crippen molar-refractivity contribution in [3.63, 3.8) is 0 Å². The molecule has 0 unspecified atom stereocenters. The molecule has 0 saturated carbocycles. The number of hydrogen-bond donors (Lipinski definition) is 0. The minimum atomic E-state index is -0.203. The third-order valence-electron chi connectivity index (χ3n) is 3.01. The normalized spacial score (nSPS) is 10.4. The largest absolute Gasteiger partial charge is 0.292 e. The first kappa shape index (κ1) is 13.2. The highest BCUT2D eigenvalue weighted by atomic mass is 16.1. The van der Waals surface area contributed by atoms with Gasteiger partial charge in [-0.2, -0.15) is 0 Å². The first-order chi connectivity index (χ1) is 9.10. The van der Waals surface area contributed by atoms with Crippen molar-refractivity contribution in [3.05, 3.63) is 63.8 Å². The van der Waals surface area contributed by atoms with Crippen LogP contribution in [0.4, 0.5) is 0 Å². The summed E-state index contributed by atoms with van der Waals surface area (Å²) in [6.07, 6.45) is 2.35. The van der Waals surface area contributed by atoms with Crippen LogP contribution in [-0.4, -0.2) is 15.3 Å². The molecule has 98 valence electrons. The first-order valence-corrected chi connectivity index (χ1v) is 6.25. The molecule has 4 heteroatoms. The number of nitrogens with zero attached hydrogens (tertiary/aromatic N) is 2. The lowest BCUT2D eigenvalue weighted by Crippen LogP contribution is -2.24. The van der Waals surface area contributed by atoms with Gasteiger partial charge in [0.2, 0.25) is 0 Å². The van der Waals surface area contributed by atoms with Crippen molar-refractivity contribution in [3.8, 4) is 0 Å². The van der Waals surface area contributed by atoms with Crippen molar-refractivity contribution in [1.82, 2.24) is 9.55 Å². The fourth-order valence-electron chi connectivity index (χ4n) is 1.81. The summed E-state index contributed by atoms with van der Waals surface area (Å²) >= 11 is 0. The maximum atomic E-state index is 12.1. The second kappa shape index (κ2) is 5.61. The highest BCUT2D eigenvalue weighted by Gasteiger charge is 2.08. The Morgan fingerprint density at radius 2 is 1.95 bits per heavy atom. The number of carbonyl (C=O) groups is 1. The van der Waals surface area contributed by atoms with Crippen LogP contribution in [0.2, 0.25) is 0 Å². The minimum absolute atomic E-state index is 0.0254. The quantitative estimate of drug-likeness (QED) is 0.786. The number of rotatable bonds is 4. The van der Waals surface area contributed by atoms with Crippen molar-refractivity contribution in [2.75, 3.05) is 0 Å². The third kappa shape index (κ3) is 3.16. The molecule has 2 rings (SSSR count). The molecule has 0 fully saturated rings. The summed E-state index contributed by atoms with van der Waals surface area (Å²) in [4.78, 5) is 27.8. The molecule has 0 radical (unpaired) electrons. The molecule has 1 heterocycles. The van der Waals surface area contributed by atoms with Gasteiger partial charge >= 0.3 is 0 Å². The molecule has 0 aliphatic carbocycles. The SMILES string of the molecule is CCc1ccc(C(=O)Cn2cnc(C)cc2=O)cc1. The van der Waals surface area contributed by atoms with Gasteiger partial charge in [-0.05, 0) is 18.9 Å². The van der Waals surface area contributed by atoms with Gasteiger partial charge in [-0.15, -0.1) is 0 Å². The zero-order chi connectivity index (χ0) is 13.8. The Hall–Kier alpha value is -2.23. The molecule has 19 heavy (non-hydrogen) atoms. The summed E-state index contributed by atoms with van der Waals surface area (Å²) < 4.78 is 1.32. The average molecular weight is 256 g/mol. The fraction of sp³-hybridized carbons (Fsp3) is 0.267. The number of benzene rings is 1. The Bertz CT molecular complexity index is 642. The Balaban J connectivity index is 2.18. The van der Waals surface area contributed by atoms with Crippen LogP contribution < -0.4 is 5.56 Å². The second-order valence-electron chi connectivity index (χ2n) is 4.47. The Morgan fingerprint density at radius 1 is 1.26 bits per heavy atom. The maximum absolute atomic E-state index is 12.1. The van der Waals surface area contributed by atoms with E-state index in [9.17, 15) is 9.59 Å². The number of carbonyl (C=O) groups excluding carboxylic acids is 1. The number of hydrogen-bond acceptors (Lipinski definition) is 3. The highest BCUT2D eigenvalue weighted by Crippen LogP contribution is 2.06. The van der Waals surface area contributed by atoms with Crippen LogP contribution in [0.15, 0.2) is 41.5 Å². The summed E-state index contributed by atoms with van der Waals surface area (Å²) in [7, 11) is 0. The molecule has 0 bridgehead atoms. The van der Waals surface area contributed by atoms with Crippen molar-refractivity contribution in [2.24, 2.45) is 0 Å². The van der Waals surface area contributed by atoms with Gasteiger partial charge in [0, 0.05) is 17.3 Å². The van der Waals surface area contributed by atoms with E-state index in [1.807, 2.05) is 12.1 Å². The van der Waals surface area contributed by atoms with Crippen molar-refractivity contribution in [1.29, 1.82) is 0 Å². The van der Waals surface area contributed by atoms with Crippen LogP contribution in [-0.2, 0) is 13.0 Å². The fourth-order valence-corrected chi connectivity index (χ4v) is 1.81. The van der Waals surface area contributed by atoms with E-state index in [1.165, 1.54) is 22.5 Å². The third-order valence-corrected chi connectivity index (χ3v) is 3.01. The van der Waals surface area contributed by atoms with Crippen molar-refractivity contribution in [2.45, 2.75) is 26.8 Å². The van der Waals surface area contributed by atoms with Gasteiger partial charge in [0.1, 0.15) is 0 Å². The molecule has 1 aromatic heterocycles. The molecular weight excluding hydrogens is 240 g/mol. The highest BCUT2D eigenvalue weighted by molar-refractivity contribution is 5.95. The van der Waals surface area contributed by atoms with Crippen LogP contribution in [0.3, 0.4) is 0 Å². The molecule has 1 aromatic carbocycles. The smallest absolute Gasteiger partial charge is 0.253 e. The molecule has 0 atom stereocenters. The van der Waals surface area contributed by atoms with Crippen LogP contribution >= 0.6 is 0 Å². The summed E-state index contributed by atoms with van der Waals surface area (Å²) in [5, 5.41) is 0. The summed E-state index contributed by atoms with van der Waals surface area (Å²) in [5.74, 6) is -0.0876. The zero-order valence-corrected chi connectivity index (χ0v) is 11.1. The molecular formula is C15H16N2O2. The van der Waals surface area contributed by atoms with Crippen LogP contribution in [0.1, 0.15) is 28.5 Å². The van der Waals surface area contributed by atoms with E-state index in [2.05, 4.69) is 11.9 Å². The number of aromatic nitrogens is 2. The van der Waals surface area contributed by atoms with Gasteiger partial charge in [-0.1, -0.05) is 31.2 Å². The summed E-state index contributed by atoms with van der Waals surface area (Å²) in [5.41, 5.74) is 2.25. The van der Waals surface area contributed by atoms with Gasteiger partial charge in [0.05, 0.1) is 12.9 Å². The molecule has 0 aliphatic rings. The van der Waals surface area contributed by atoms with E-state index >= 15 is 0 Å².